The second-order valence-corrected chi connectivity index (χ2v) is 9.42. The van der Waals surface area contributed by atoms with Crippen molar-refractivity contribution in [1.82, 2.24) is 14.9 Å². The Labute approximate surface area is 205 Å². The quantitative estimate of drug-likeness (QED) is 0.284. The van der Waals surface area contributed by atoms with E-state index >= 15 is 0 Å². The number of nitrogens with zero attached hydrogens (tertiary/aromatic N) is 3. The van der Waals surface area contributed by atoms with E-state index in [1.807, 2.05) is 43.4 Å². The fourth-order valence-electron chi connectivity index (χ4n) is 3.77. The van der Waals surface area contributed by atoms with Crippen molar-refractivity contribution in [1.29, 1.82) is 5.26 Å². The first-order valence-corrected chi connectivity index (χ1v) is 11.8. The van der Waals surface area contributed by atoms with Crippen LogP contribution >= 0.6 is 11.6 Å². The largest absolute Gasteiger partial charge is 0.493 e. The van der Waals surface area contributed by atoms with Crippen LogP contribution in [0.1, 0.15) is 37.2 Å². The first-order valence-electron chi connectivity index (χ1n) is 11.5. The summed E-state index contributed by atoms with van der Waals surface area (Å²) >= 11 is 6.24. The number of nitrogens with one attached hydrogen (secondary N) is 1. The molecule has 1 N–H and O–H groups in total. The van der Waals surface area contributed by atoms with Crippen molar-refractivity contribution < 1.29 is 9.15 Å². The Morgan fingerprint density at radius 2 is 2.03 bits per heavy atom. The molecule has 0 atom stereocenters. The van der Waals surface area contributed by atoms with Gasteiger partial charge in [0.1, 0.15) is 11.5 Å². The number of ether oxygens (including phenoxy) is 1. The second kappa shape index (κ2) is 10.8. The molecule has 0 aliphatic heterocycles. The molecule has 6 nitrogen and oxygen atoms in total. The molecule has 0 unspecified atom stereocenters. The molecular formula is C27H29ClN4O2. The maximum atomic E-state index is 8.78. The van der Waals surface area contributed by atoms with Gasteiger partial charge in [0.25, 0.3) is 0 Å². The van der Waals surface area contributed by atoms with E-state index in [4.69, 9.17) is 31.0 Å². The van der Waals surface area contributed by atoms with Gasteiger partial charge in [0.05, 0.1) is 23.7 Å². The van der Waals surface area contributed by atoms with Gasteiger partial charge in [-0.15, -0.1) is 0 Å². The summed E-state index contributed by atoms with van der Waals surface area (Å²) in [6, 6.07) is 18.0. The van der Waals surface area contributed by atoms with Gasteiger partial charge >= 0.3 is 0 Å². The van der Waals surface area contributed by atoms with Gasteiger partial charge in [-0.05, 0) is 61.0 Å². The Bertz CT molecular complexity index is 1300. The van der Waals surface area contributed by atoms with E-state index in [0.717, 1.165) is 46.8 Å². The van der Waals surface area contributed by atoms with Crippen LogP contribution < -0.4 is 4.74 Å². The maximum absolute atomic E-state index is 8.78. The van der Waals surface area contributed by atoms with E-state index in [2.05, 4.69) is 41.9 Å². The van der Waals surface area contributed by atoms with Gasteiger partial charge in [-0.3, -0.25) is 0 Å². The predicted molar refractivity (Wildman–Crippen MR) is 135 cm³/mol. The predicted octanol–water partition coefficient (Wildman–Crippen LogP) is 6.45. The zero-order valence-corrected chi connectivity index (χ0v) is 20.5. The molecule has 0 aliphatic rings. The molecule has 4 rings (SSSR count). The molecule has 0 saturated heterocycles. The fourth-order valence-corrected chi connectivity index (χ4v) is 3.97. The number of rotatable bonds is 10. The van der Waals surface area contributed by atoms with Gasteiger partial charge in [-0.2, -0.15) is 5.26 Å². The summed E-state index contributed by atoms with van der Waals surface area (Å²) in [7, 11) is 2.02. The van der Waals surface area contributed by atoms with Crippen LogP contribution in [-0.2, 0) is 13.0 Å². The van der Waals surface area contributed by atoms with Crippen LogP contribution in [0.3, 0.4) is 0 Å². The van der Waals surface area contributed by atoms with Crippen molar-refractivity contribution >= 4 is 22.6 Å². The molecule has 7 heteroatoms. The number of furan rings is 1. The highest BCUT2D eigenvalue weighted by atomic mass is 35.5. The molecular weight excluding hydrogens is 448 g/mol. The summed E-state index contributed by atoms with van der Waals surface area (Å²) in [6.07, 6.45) is 1.10. The Morgan fingerprint density at radius 1 is 1.18 bits per heavy atom. The maximum Gasteiger partial charge on any atom is 0.174 e. The average molecular weight is 477 g/mol. The van der Waals surface area contributed by atoms with E-state index in [9.17, 15) is 0 Å². The van der Waals surface area contributed by atoms with Gasteiger partial charge in [0.2, 0.25) is 0 Å². The van der Waals surface area contributed by atoms with E-state index < -0.39 is 0 Å². The zero-order valence-electron chi connectivity index (χ0n) is 19.8. The van der Waals surface area contributed by atoms with Gasteiger partial charge in [-0.25, -0.2) is 4.98 Å². The van der Waals surface area contributed by atoms with E-state index in [0.29, 0.717) is 42.0 Å². The van der Waals surface area contributed by atoms with Crippen LogP contribution in [0.15, 0.2) is 52.9 Å². The number of aromatic nitrogens is 2. The molecule has 34 heavy (non-hydrogen) atoms. The summed E-state index contributed by atoms with van der Waals surface area (Å²) in [5.74, 6) is 3.45. The van der Waals surface area contributed by atoms with Crippen LogP contribution in [0.2, 0.25) is 5.02 Å². The van der Waals surface area contributed by atoms with Crippen molar-refractivity contribution in [2.24, 2.45) is 5.92 Å². The molecule has 0 saturated carbocycles. The molecule has 2 aromatic heterocycles. The highest BCUT2D eigenvalue weighted by Crippen LogP contribution is 2.29. The summed E-state index contributed by atoms with van der Waals surface area (Å²) in [5.41, 5.74) is 4.00. The molecule has 0 spiro atoms. The van der Waals surface area contributed by atoms with Crippen LogP contribution in [0.25, 0.3) is 22.6 Å². The van der Waals surface area contributed by atoms with Crippen molar-refractivity contribution in [2.45, 2.75) is 33.2 Å². The summed E-state index contributed by atoms with van der Waals surface area (Å²) in [6.45, 7) is 6.41. The second-order valence-electron chi connectivity index (χ2n) is 8.98. The lowest BCUT2D eigenvalue weighted by atomic mass is 10.1. The Hall–Kier alpha value is -3.27. The standard InChI is InChI=1S/C27H29ClN4O2/c1-18(2)17-33-25-9-6-21(28)14-20(25)15-22-7-10-26(34-22)27-30-23-8-5-19(13-24(23)31-27)16-32(3)12-4-11-29/h5-10,13-14,18H,4,12,15-17H2,1-3H3,(H,30,31). The molecule has 2 aromatic carbocycles. The average Bonchev–Trinajstić information content (AvgIpc) is 3.43. The molecule has 176 valence electrons. The smallest absolute Gasteiger partial charge is 0.174 e. The first kappa shape index (κ1) is 23.9. The minimum absolute atomic E-state index is 0.435. The minimum atomic E-state index is 0.435. The Morgan fingerprint density at radius 3 is 2.82 bits per heavy atom. The Kier molecular flexibility index (Phi) is 7.56. The number of aromatic amines is 1. The third-order valence-electron chi connectivity index (χ3n) is 5.46. The van der Waals surface area contributed by atoms with E-state index in [1.165, 1.54) is 0 Å². The van der Waals surface area contributed by atoms with Crippen LogP contribution in [0.4, 0.5) is 0 Å². The first-order chi connectivity index (χ1) is 16.4. The normalized spacial score (nSPS) is 11.4. The van der Waals surface area contributed by atoms with Gasteiger partial charge in [-0.1, -0.05) is 31.5 Å². The summed E-state index contributed by atoms with van der Waals surface area (Å²) in [4.78, 5) is 10.2. The van der Waals surface area contributed by atoms with Crippen LogP contribution in [0.5, 0.6) is 5.75 Å². The van der Waals surface area contributed by atoms with Crippen LogP contribution in [-0.4, -0.2) is 35.1 Å². The Balaban J connectivity index is 1.50. The van der Waals surface area contributed by atoms with Crippen molar-refractivity contribution in [3.8, 4) is 23.4 Å². The number of benzene rings is 2. The molecule has 0 aliphatic carbocycles. The van der Waals surface area contributed by atoms with Crippen molar-refractivity contribution in [3.05, 3.63) is 70.4 Å². The number of halogens is 1. The van der Waals surface area contributed by atoms with Crippen molar-refractivity contribution in [3.63, 3.8) is 0 Å². The van der Waals surface area contributed by atoms with Crippen molar-refractivity contribution in [2.75, 3.05) is 20.2 Å². The van der Waals surface area contributed by atoms with Gasteiger partial charge in [0, 0.05) is 36.5 Å². The molecule has 0 fully saturated rings. The fraction of sp³-hybridized carbons (Fsp3) is 0.333. The van der Waals surface area contributed by atoms with E-state index in [-0.39, 0.29) is 0 Å². The van der Waals surface area contributed by atoms with E-state index in [1.54, 1.807) is 0 Å². The van der Waals surface area contributed by atoms with Gasteiger partial charge in [0.15, 0.2) is 11.6 Å². The zero-order chi connectivity index (χ0) is 24.1. The number of imidazole rings is 1. The highest BCUT2D eigenvalue weighted by molar-refractivity contribution is 6.30. The third-order valence-corrected chi connectivity index (χ3v) is 5.69. The van der Waals surface area contributed by atoms with Crippen LogP contribution in [0, 0.1) is 17.2 Å². The summed E-state index contributed by atoms with van der Waals surface area (Å²) in [5, 5.41) is 9.45. The monoisotopic (exact) mass is 476 g/mol. The number of H-pyrrole nitrogens is 1. The topological polar surface area (TPSA) is 78.1 Å². The third kappa shape index (κ3) is 5.99. The number of hydrogen-bond acceptors (Lipinski definition) is 5. The highest BCUT2D eigenvalue weighted by Gasteiger charge is 2.14. The SMILES string of the molecule is CC(C)COc1ccc(Cl)cc1Cc1ccc(-c2nc3ccc(CN(C)CCC#N)cc3[nH]2)o1. The number of fused-ring (bicyclic) bond motifs is 1. The summed E-state index contributed by atoms with van der Waals surface area (Å²) < 4.78 is 12.1. The molecule has 0 radical (unpaired) electrons. The lowest BCUT2D eigenvalue weighted by molar-refractivity contribution is 0.268. The minimum Gasteiger partial charge on any atom is -0.493 e. The number of nitriles is 1. The molecule has 2 heterocycles. The lowest BCUT2D eigenvalue weighted by Crippen LogP contribution is -2.18. The van der Waals surface area contributed by atoms with Gasteiger partial charge < -0.3 is 19.0 Å². The molecule has 0 bridgehead atoms. The number of hydrogen-bond donors (Lipinski definition) is 1. The lowest BCUT2D eigenvalue weighted by Gasteiger charge is -2.14. The molecule has 4 aromatic rings. The molecule has 0 amide bonds.